The van der Waals surface area contributed by atoms with Gasteiger partial charge < -0.3 is 10.2 Å². The van der Waals surface area contributed by atoms with Gasteiger partial charge in [-0.1, -0.05) is 6.07 Å². The minimum absolute atomic E-state index is 0.212. The maximum Gasteiger partial charge on any atom is 0.253 e. The summed E-state index contributed by atoms with van der Waals surface area (Å²) in [6.07, 6.45) is 5.68. The predicted molar refractivity (Wildman–Crippen MR) is 76.5 cm³/mol. The van der Waals surface area contributed by atoms with E-state index in [-0.39, 0.29) is 5.91 Å². The van der Waals surface area contributed by atoms with Gasteiger partial charge in [0.15, 0.2) is 0 Å². The number of fused-ring (bicyclic) bond motifs is 1. The standard InChI is InChI=1S/C16H22N2O/c1-17-15-7-9-18(10-8-15)16(19)14-6-5-12-3-2-4-13(12)11-14/h5-6,11,15,17H,2-4,7-10H2,1H3. The molecular formula is C16H22N2O. The van der Waals surface area contributed by atoms with Gasteiger partial charge >= 0.3 is 0 Å². The van der Waals surface area contributed by atoms with Crippen LogP contribution in [0, 0.1) is 0 Å². The lowest BCUT2D eigenvalue weighted by Gasteiger charge is -2.32. The highest BCUT2D eigenvalue weighted by Gasteiger charge is 2.23. The Kier molecular flexibility index (Phi) is 3.56. The molecule has 1 aromatic carbocycles. The second kappa shape index (κ2) is 5.33. The Balaban J connectivity index is 1.70. The molecule has 1 amide bonds. The van der Waals surface area contributed by atoms with Gasteiger partial charge in [-0.2, -0.15) is 0 Å². The number of nitrogens with one attached hydrogen (secondary N) is 1. The highest BCUT2D eigenvalue weighted by molar-refractivity contribution is 5.94. The molecule has 0 saturated carbocycles. The first-order valence-electron chi connectivity index (χ1n) is 7.36. The van der Waals surface area contributed by atoms with Crippen LogP contribution >= 0.6 is 0 Å². The van der Waals surface area contributed by atoms with Gasteiger partial charge in [0.05, 0.1) is 0 Å². The molecule has 3 heteroatoms. The molecule has 19 heavy (non-hydrogen) atoms. The normalized spacial score (nSPS) is 19.5. The molecular weight excluding hydrogens is 236 g/mol. The minimum Gasteiger partial charge on any atom is -0.339 e. The van der Waals surface area contributed by atoms with Crippen molar-refractivity contribution < 1.29 is 4.79 Å². The Bertz CT molecular complexity index is 476. The van der Waals surface area contributed by atoms with E-state index in [4.69, 9.17) is 0 Å². The Morgan fingerprint density at radius 1 is 1.21 bits per heavy atom. The fourth-order valence-corrected chi connectivity index (χ4v) is 3.26. The maximum atomic E-state index is 12.5. The van der Waals surface area contributed by atoms with Crippen LogP contribution in [0.4, 0.5) is 0 Å². The number of carbonyl (C=O) groups excluding carboxylic acids is 1. The fourth-order valence-electron chi connectivity index (χ4n) is 3.26. The number of aryl methyl sites for hydroxylation is 2. The van der Waals surface area contributed by atoms with E-state index in [0.29, 0.717) is 6.04 Å². The van der Waals surface area contributed by atoms with Gasteiger partial charge in [-0.3, -0.25) is 4.79 Å². The summed E-state index contributed by atoms with van der Waals surface area (Å²) < 4.78 is 0. The van der Waals surface area contributed by atoms with Crippen LogP contribution in [0.2, 0.25) is 0 Å². The molecule has 1 saturated heterocycles. The van der Waals surface area contributed by atoms with Crippen molar-refractivity contribution in [2.24, 2.45) is 0 Å². The molecule has 0 atom stereocenters. The first kappa shape index (κ1) is 12.7. The lowest BCUT2D eigenvalue weighted by atomic mass is 10.0. The Morgan fingerprint density at radius 3 is 2.68 bits per heavy atom. The highest BCUT2D eigenvalue weighted by Crippen LogP contribution is 2.24. The van der Waals surface area contributed by atoms with E-state index in [0.717, 1.165) is 37.9 Å². The SMILES string of the molecule is CNC1CCN(C(=O)c2ccc3c(c2)CCC3)CC1. The number of nitrogens with zero attached hydrogens (tertiary/aromatic N) is 1. The Labute approximate surface area is 115 Å². The number of likely N-dealkylation sites (tertiary alicyclic amines) is 1. The molecule has 0 aromatic heterocycles. The summed E-state index contributed by atoms with van der Waals surface area (Å²) in [5.74, 6) is 0.212. The zero-order chi connectivity index (χ0) is 13.2. The number of benzene rings is 1. The summed E-state index contributed by atoms with van der Waals surface area (Å²) in [6, 6.07) is 6.85. The molecule has 0 radical (unpaired) electrons. The first-order valence-corrected chi connectivity index (χ1v) is 7.36. The number of hydrogen-bond donors (Lipinski definition) is 1. The molecule has 3 rings (SSSR count). The minimum atomic E-state index is 0.212. The van der Waals surface area contributed by atoms with Crippen molar-refractivity contribution in [2.75, 3.05) is 20.1 Å². The molecule has 0 spiro atoms. The van der Waals surface area contributed by atoms with Crippen molar-refractivity contribution in [3.8, 4) is 0 Å². The van der Waals surface area contributed by atoms with Crippen molar-refractivity contribution >= 4 is 5.91 Å². The highest BCUT2D eigenvalue weighted by atomic mass is 16.2. The molecule has 1 aliphatic heterocycles. The van der Waals surface area contributed by atoms with Crippen LogP contribution in [0.25, 0.3) is 0 Å². The van der Waals surface area contributed by atoms with Crippen LogP contribution in [0.3, 0.4) is 0 Å². The maximum absolute atomic E-state index is 12.5. The van der Waals surface area contributed by atoms with Gasteiger partial charge in [0.2, 0.25) is 0 Å². The van der Waals surface area contributed by atoms with E-state index < -0.39 is 0 Å². The van der Waals surface area contributed by atoms with Crippen LogP contribution in [0.5, 0.6) is 0 Å². The van der Waals surface area contributed by atoms with Crippen LogP contribution in [-0.4, -0.2) is 37.0 Å². The topological polar surface area (TPSA) is 32.3 Å². The number of carbonyl (C=O) groups is 1. The van der Waals surface area contributed by atoms with Crippen LogP contribution < -0.4 is 5.32 Å². The summed E-state index contributed by atoms with van der Waals surface area (Å²) in [5, 5.41) is 3.30. The fraction of sp³-hybridized carbons (Fsp3) is 0.562. The monoisotopic (exact) mass is 258 g/mol. The third-order valence-corrected chi connectivity index (χ3v) is 4.54. The van der Waals surface area contributed by atoms with E-state index in [1.165, 1.54) is 24.0 Å². The molecule has 1 fully saturated rings. The zero-order valence-corrected chi connectivity index (χ0v) is 11.6. The predicted octanol–water partition coefficient (Wildman–Crippen LogP) is 2.00. The number of piperidine rings is 1. The van der Waals surface area contributed by atoms with Crippen LogP contribution in [0.15, 0.2) is 18.2 Å². The number of amides is 1. The van der Waals surface area contributed by atoms with Gasteiger partial charge in [0.1, 0.15) is 0 Å². The Hall–Kier alpha value is -1.35. The van der Waals surface area contributed by atoms with E-state index in [1.54, 1.807) is 0 Å². The summed E-state index contributed by atoms with van der Waals surface area (Å²) in [7, 11) is 2.00. The van der Waals surface area contributed by atoms with Crippen LogP contribution in [0.1, 0.15) is 40.7 Å². The molecule has 1 aliphatic carbocycles. The second-order valence-corrected chi connectivity index (χ2v) is 5.69. The lowest BCUT2D eigenvalue weighted by molar-refractivity contribution is 0.0707. The van der Waals surface area contributed by atoms with E-state index >= 15 is 0 Å². The molecule has 2 aliphatic rings. The van der Waals surface area contributed by atoms with Crippen molar-refractivity contribution in [3.63, 3.8) is 0 Å². The van der Waals surface area contributed by atoms with Gasteiger partial charge in [-0.25, -0.2) is 0 Å². The quantitative estimate of drug-likeness (QED) is 0.880. The molecule has 3 nitrogen and oxygen atoms in total. The molecule has 1 heterocycles. The molecule has 1 aromatic rings. The zero-order valence-electron chi connectivity index (χ0n) is 11.6. The summed E-state index contributed by atoms with van der Waals surface area (Å²) in [6.45, 7) is 1.75. The number of rotatable bonds is 2. The van der Waals surface area contributed by atoms with E-state index in [2.05, 4.69) is 17.4 Å². The third kappa shape index (κ3) is 2.52. The van der Waals surface area contributed by atoms with Crippen LogP contribution in [-0.2, 0) is 12.8 Å². The Morgan fingerprint density at radius 2 is 1.95 bits per heavy atom. The number of hydrogen-bond acceptors (Lipinski definition) is 2. The largest absolute Gasteiger partial charge is 0.339 e. The third-order valence-electron chi connectivity index (χ3n) is 4.54. The van der Waals surface area contributed by atoms with Gasteiger partial charge in [0, 0.05) is 24.7 Å². The van der Waals surface area contributed by atoms with Gasteiger partial charge in [-0.15, -0.1) is 0 Å². The molecule has 1 N–H and O–H groups in total. The van der Waals surface area contributed by atoms with E-state index in [9.17, 15) is 4.79 Å². The average molecular weight is 258 g/mol. The molecule has 0 bridgehead atoms. The van der Waals surface area contributed by atoms with Crippen molar-refractivity contribution in [1.29, 1.82) is 0 Å². The summed E-state index contributed by atoms with van der Waals surface area (Å²) >= 11 is 0. The second-order valence-electron chi connectivity index (χ2n) is 5.69. The lowest BCUT2D eigenvalue weighted by Crippen LogP contribution is -2.43. The van der Waals surface area contributed by atoms with Gasteiger partial charge in [0.25, 0.3) is 5.91 Å². The average Bonchev–Trinajstić information content (AvgIpc) is 2.94. The molecule has 0 unspecified atom stereocenters. The van der Waals surface area contributed by atoms with Crippen molar-refractivity contribution in [1.82, 2.24) is 10.2 Å². The van der Waals surface area contributed by atoms with Crippen molar-refractivity contribution in [2.45, 2.75) is 38.1 Å². The summed E-state index contributed by atoms with van der Waals surface area (Å²) in [4.78, 5) is 14.5. The smallest absolute Gasteiger partial charge is 0.253 e. The summed E-state index contributed by atoms with van der Waals surface area (Å²) in [5.41, 5.74) is 3.70. The molecule has 102 valence electrons. The first-order chi connectivity index (χ1) is 9.28. The van der Waals surface area contributed by atoms with E-state index in [1.807, 2.05) is 18.0 Å². The van der Waals surface area contributed by atoms with Gasteiger partial charge in [-0.05, 0) is 62.4 Å². The van der Waals surface area contributed by atoms with Crippen molar-refractivity contribution in [3.05, 3.63) is 34.9 Å².